The molecule has 0 aromatic carbocycles. The van der Waals surface area contributed by atoms with Gasteiger partial charge in [0.25, 0.3) is 0 Å². The molecule has 3 rings (SSSR count). The van der Waals surface area contributed by atoms with E-state index in [4.69, 9.17) is 4.74 Å². The minimum absolute atomic E-state index is 0.235. The highest BCUT2D eigenvalue weighted by molar-refractivity contribution is 7.14. The summed E-state index contributed by atoms with van der Waals surface area (Å²) < 4.78 is 11.9. The Balaban J connectivity index is 1.62. The van der Waals surface area contributed by atoms with E-state index in [-0.39, 0.29) is 24.8 Å². The predicted molar refractivity (Wildman–Crippen MR) is 111 cm³/mol. The Kier molecular flexibility index (Phi) is 6.90. The van der Waals surface area contributed by atoms with Gasteiger partial charge in [-0.2, -0.15) is 0 Å². The van der Waals surface area contributed by atoms with Crippen LogP contribution < -0.4 is 0 Å². The molecule has 1 aliphatic rings. The third-order valence-corrected chi connectivity index (χ3v) is 6.64. The SMILES string of the molecule is COC(=O)CCn1c(C)cc(C(=O)COC(=O)c2cc3c(s2)CCCCC3)c1C. The zero-order valence-corrected chi connectivity index (χ0v) is 18.0. The largest absolute Gasteiger partial charge is 0.469 e. The first-order valence-electron chi connectivity index (χ1n) is 9.96. The number of methoxy groups -OCH3 is 1. The van der Waals surface area contributed by atoms with E-state index in [2.05, 4.69) is 4.74 Å². The lowest BCUT2D eigenvalue weighted by atomic mass is 10.1. The first kappa shape index (κ1) is 21.3. The number of esters is 2. The second kappa shape index (κ2) is 9.39. The molecule has 0 spiro atoms. The van der Waals surface area contributed by atoms with Crippen molar-refractivity contribution in [2.45, 2.75) is 58.9 Å². The second-order valence-corrected chi connectivity index (χ2v) is 8.52. The molecule has 0 radical (unpaired) electrons. The number of carbonyl (C=O) groups is 3. The molecule has 7 heteroatoms. The normalized spacial score (nSPS) is 13.5. The van der Waals surface area contributed by atoms with Gasteiger partial charge in [0.15, 0.2) is 6.61 Å². The van der Waals surface area contributed by atoms with Gasteiger partial charge in [0, 0.05) is 28.4 Å². The number of Topliss-reactive ketones (excluding diaryl/α,β-unsaturated/α-hetero) is 1. The van der Waals surface area contributed by atoms with Crippen LogP contribution in [-0.4, -0.2) is 36.0 Å². The van der Waals surface area contributed by atoms with E-state index in [1.54, 1.807) is 6.07 Å². The number of ketones is 1. The van der Waals surface area contributed by atoms with E-state index in [1.165, 1.54) is 35.3 Å². The van der Waals surface area contributed by atoms with Crippen LogP contribution in [0, 0.1) is 13.8 Å². The smallest absolute Gasteiger partial charge is 0.348 e. The number of ether oxygens (including phenoxy) is 2. The Labute approximate surface area is 174 Å². The van der Waals surface area contributed by atoms with Crippen LogP contribution in [-0.2, 0) is 33.7 Å². The highest BCUT2D eigenvalue weighted by Crippen LogP contribution is 2.29. The van der Waals surface area contributed by atoms with Gasteiger partial charge in [-0.15, -0.1) is 11.3 Å². The zero-order chi connectivity index (χ0) is 21.0. The monoisotopic (exact) mass is 417 g/mol. The van der Waals surface area contributed by atoms with Crippen LogP contribution in [0.3, 0.4) is 0 Å². The second-order valence-electron chi connectivity index (χ2n) is 7.38. The van der Waals surface area contributed by atoms with E-state index < -0.39 is 5.97 Å². The predicted octanol–water partition coefficient (Wildman–Crippen LogP) is 4.04. The van der Waals surface area contributed by atoms with Crippen molar-refractivity contribution in [1.29, 1.82) is 0 Å². The molecule has 0 N–H and O–H groups in total. The summed E-state index contributed by atoms with van der Waals surface area (Å²) in [6, 6.07) is 3.70. The molecule has 0 bridgehead atoms. The number of carbonyl (C=O) groups excluding carboxylic acids is 3. The van der Waals surface area contributed by atoms with Gasteiger partial charge in [0.05, 0.1) is 13.5 Å². The molecule has 0 amide bonds. The number of hydrogen-bond donors (Lipinski definition) is 0. The van der Waals surface area contributed by atoms with Gasteiger partial charge in [0.2, 0.25) is 5.78 Å². The zero-order valence-electron chi connectivity index (χ0n) is 17.2. The Morgan fingerprint density at radius 1 is 1.10 bits per heavy atom. The standard InChI is InChI=1S/C22H27NO5S/c1-14-11-17(15(2)23(14)10-9-21(25)27-3)18(24)13-28-22(26)20-12-16-7-5-4-6-8-19(16)29-20/h11-12H,4-10,13H2,1-3H3. The number of nitrogens with zero attached hydrogens (tertiary/aromatic N) is 1. The van der Waals surface area contributed by atoms with Gasteiger partial charge < -0.3 is 14.0 Å². The molecule has 0 fully saturated rings. The molecule has 156 valence electrons. The van der Waals surface area contributed by atoms with Gasteiger partial charge >= 0.3 is 11.9 Å². The van der Waals surface area contributed by atoms with Crippen LogP contribution in [0.25, 0.3) is 0 Å². The van der Waals surface area contributed by atoms with Crippen molar-refractivity contribution >= 4 is 29.1 Å². The number of hydrogen-bond acceptors (Lipinski definition) is 6. The molecular weight excluding hydrogens is 390 g/mol. The molecule has 0 saturated carbocycles. The van der Waals surface area contributed by atoms with Crippen molar-refractivity contribution in [3.05, 3.63) is 44.4 Å². The summed E-state index contributed by atoms with van der Waals surface area (Å²) in [5.41, 5.74) is 3.40. The highest BCUT2D eigenvalue weighted by Gasteiger charge is 2.21. The lowest BCUT2D eigenvalue weighted by molar-refractivity contribution is -0.140. The van der Waals surface area contributed by atoms with Crippen molar-refractivity contribution in [3.63, 3.8) is 0 Å². The Morgan fingerprint density at radius 3 is 2.62 bits per heavy atom. The fourth-order valence-electron chi connectivity index (χ4n) is 3.78. The summed E-state index contributed by atoms with van der Waals surface area (Å²) >= 11 is 1.49. The average molecular weight is 418 g/mol. The van der Waals surface area contributed by atoms with Crippen LogP contribution in [0.4, 0.5) is 0 Å². The maximum Gasteiger partial charge on any atom is 0.348 e. The van der Waals surface area contributed by atoms with Crippen LogP contribution in [0.1, 0.15) is 67.5 Å². The van der Waals surface area contributed by atoms with E-state index in [1.807, 2.05) is 24.5 Å². The molecular formula is C22H27NO5S. The molecule has 2 heterocycles. The maximum absolute atomic E-state index is 12.6. The minimum atomic E-state index is -0.434. The topological polar surface area (TPSA) is 74.6 Å². The summed E-state index contributed by atoms with van der Waals surface area (Å²) in [6.07, 6.45) is 5.81. The van der Waals surface area contributed by atoms with Gasteiger partial charge in [-0.25, -0.2) is 4.79 Å². The van der Waals surface area contributed by atoms with E-state index in [9.17, 15) is 14.4 Å². The lowest BCUT2D eigenvalue weighted by Gasteiger charge is -2.09. The molecule has 1 aliphatic carbocycles. The molecule has 2 aromatic heterocycles. The third-order valence-electron chi connectivity index (χ3n) is 5.42. The van der Waals surface area contributed by atoms with Gasteiger partial charge in [0.1, 0.15) is 4.88 Å². The molecule has 0 saturated heterocycles. The molecule has 0 aliphatic heterocycles. The fraction of sp³-hybridized carbons (Fsp3) is 0.500. The minimum Gasteiger partial charge on any atom is -0.469 e. The van der Waals surface area contributed by atoms with E-state index in [0.717, 1.165) is 37.1 Å². The van der Waals surface area contributed by atoms with Crippen molar-refractivity contribution in [1.82, 2.24) is 4.57 Å². The fourth-order valence-corrected chi connectivity index (χ4v) is 4.93. The van der Waals surface area contributed by atoms with Crippen molar-refractivity contribution in [2.24, 2.45) is 0 Å². The first-order chi connectivity index (χ1) is 13.9. The molecule has 6 nitrogen and oxygen atoms in total. The highest BCUT2D eigenvalue weighted by atomic mass is 32.1. The van der Waals surface area contributed by atoms with Crippen LogP contribution in [0.2, 0.25) is 0 Å². The number of rotatable bonds is 7. The molecule has 0 unspecified atom stereocenters. The molecule has 0 atom stereocenters. The summed E-state index contributed by atoms with van der Waals surface area (Å²) in [6.45, 7) is 3.86. The number of fused-ring (bicyclic) bond motifs is 1. The van der Waals surface area contributed by atoms with Crippen LogP contribution in [0.5, 0.6) is 0 Å². The van der Waals surface area contributed by atoms with Gasteiger partial charge in [-0.3, -0.25) is 9.59 Å². The Morgan fingerprint density at radius 2 is 1.86 bits per heavy atom. The van der Waals surface area contributed by atoms with Crippen molar-refractivity contribution in [3.8, 4) is 0 Å². The Bertz CT molecular complexity index is 901. The number of aromatic nitrogens is 1. The first-order valence-corrected chi connectivity index (χ1v) is 10.8. The summed E-state index contributed by atoms with van der Waals surface area (Å²) in [5, 5.41) is 0. The molecule has 2 aromatic rings. The van der Waals surface area contributed by atoms with Crippen molar-refractivity contribution in [2.75, 3.05) is 13.7 Å². The lowest BCUT2D eigenvalue weighted by Crippen LogP contribution is -2.15. The van der Waals surface area contributed by atoms with Gasteiger partial charge in [-0.05, 0) is 57.2 Å². The van der Waals surface area contributed by atoms with Crippen molar-refractivity contribution < 1.29 is 23.9 Å². The van der Waals surface area contributed by atoms with E-state index in [0.29, 0.717) is 17.0 Å². The van der Waals surface area contributed by atoms with E-state index >= 15 is 0 Å². The average Bonchev–Trinajstić information content (AvgIpc) is 3.16. The van der Waals surface area contributed by atoms with Crippen LogP contribution in [0.15, 0.2) is 12.1 Å². The number of aryl methyl sites for hydroxylation is 3. The van der Waals surface area contributed by atoms with Gasteiger partial charge in [-0.1, -0.05) is 6.42 Å². The quantitative estimate of drug-likeness (QED) is 0.386. The summed E-state index contributed by atoms with van der Waals surface area (Å²) in [5.74, 6) is -0.974. The summed E-state index contributed by atoms with van der Waals surface area (Å²) in [7, 11) is 1.35. The van der Waals surface area contributed by atoms with Crippen LogP contribution >= 0.6 is 11.3 Å². The summed E-state index contributed by atoms with van der Waals surface area (Å²) in [4.78, 5) is 38.3. The molecule has 29 heavy (non-hydrogen) atoms. The third kappa shape index (κ3) is 4.96. The Hall–Kier alpha value is -2.41. The number of thiophene rings is 1. The maximum atomic E-state index is 12.6.